The number of aromatic nitrogens is 2. The molecule has 0 aliphatic carbocycles. The van der Waals surface area contributed by atoms with Crippen LogP contribution in [0.4, 0.5) is 5.69 Å². The number of amides is 1. The third-order valence-electron chi connectivity index (χ3n) is 5.49. The molecule has 3 heterocycles. The van der Waals surface area contributed by atoms with Crippen molar-refractivity contribution in [3.63, 3.8) is 0 Å². The van der Waals surface area contributed by atoms with Crippen molar-refractivity contribution in [2.24, 2.45) is 0 Å². The van der Waals surface area contributed by atoms with Crippen molar-refractivity contribution in [2.75, 3.05) is 44.4 Å². The molecule has 162 valence electrons. The molecule has 0 saturated carbocycles. The van der Waals surface area contributed by atoms with Gasteiger partial charge in [-0.1, -0.05) is 18.2 Å². The Labute approximate surface area is 186 Å². The summed E-state index contributed by atoms with van der Waals surface area (Å²) >= 11 is 1.43. The second-order valence-corrected chi connectivity index (χ2v) is 8.39. The summed E-state index contributed by atoms with van der Waals surface area (Å²) in [5.41, 5.74) is 3.44. The van der Waals surface area contributed by atoms with E-state index in [9.17, 15) is 4.79 Å². The van der Waals surface area contributed by atoms with Gasteiger partial charge in [-0.25, -0.2) is 9.97 Å². The van der Waals surface area contributed by atoms with Crippen molar-refractivity contribution in [1.29, 1.82) is 0 Å². The lowest BCUT2D eigenvalue weighted by atomic mass is 10.1. The Morgan fingerprint density at radius 2 is 1.90 bits per heavy atom. The van der Waals surface area contributed by atoms with E-state index >= 15 is 0 Å². The maximum Gasteiger partial charge on any atom is 0.256 e. The van der Waals surface area contributed by atoms with Gasteiger partial charge in [0.2, 0.25) is 0 Å². The predicted molar refractivity (Wildman–Crippen MR) is 124 cm³/mol. The summed E-state index contributed by atoms with van der Waals surface area (Å²) in [6.07, 6.45) is 3.50. The van der Waals surface area contributed by atoms with E-state index < -0.39 is 0 Å². The summed E-state index contributed by atoms with van der Waals surface area (Å²) < 4.78 is 5.41. The topological polar surface area (TPSA) is 74.5 Å². The number of likely N-dealkylation sites (N-methyl/N-ethyl adjacent to an activating group) is 1. The molecule has 3 aromatic rings. The average molecular weight is 438 g/mol. The third kappa shape index (κ3) is 4.75. The highest BCUT2D eigenvalue weighted by molar-refractivity contribution is 7.98. The van der Waals surface area contributed by atoms with Crippen molar-refractivity contribution < 1.29 is 9.21 Å². The summed E-state index contributed by atoms with van der Waals surface area (Å²) in [5.74, 6) is 0.913. The van der Waals surface area contributed by atoms with Gasteiger partial charge in [-0.05, 0) is 44.0 Å². The molecule has 0 atom stereocenters. The fourth-order valence-electron chi connectivity index (χ4n) is 3.75. The summed E-state index contributed by atoms with van der Waals surface area (Å²) in [5, 5.41) is 3.72. The number of nitrogens with one attached hydrogen (secondary N) is 1. The van der Waals surface area contributed by atoms with Crippen LogP contribution in [0.15, 0.2) is 52.1 Å². The largest absolute Gasteiger partial charge is 0.461 e. The number of carbonyl (C=O) groups excluding carboxylic acids is 1. The minimum Gasteiger partial charge on any atom is -0.461 e. The number of benzene rings is 1. The summed E-state index contributed by atoms with van der Waals surface area (Å²) in [7, 11) is 2.15. The van der Waals surface area contributed by atoms with E-state index in [1.165, 1.54) is 17.4 Å². The molecule has 1 aromatic carbocycles. The number of para-hydroxylation sites is 1. The molecule has 1 amide bonds. The minimum atomic E-state index is -0.166. The molecule has 1 aliphatic heterocycles. The van der Waals surface area contributed by atoms with Crippen LogP contribution in [0.5, 0.6) is 0 Å². The lowest BCUT2D eigenvalue weighted by molar-refractivity contribution is 0.0946. The van der Waals surface area contributed by atoms with Gasteiger partial charge in [0, 0.05) is 38.4 Å². The Balaban J connectivity index is 1.52. The van der Waals surface area contributed by atoms with Crippen LogP contribution in [0.2, 0.25) is 0 Å². The summed E-state index contributed by atoms with van der Waals surface area (Å²) in [6.45, 7) is 6.33. The normalized spacial score (nSPS) is 14.6. The number of aryl methyl sites for hydroxylation is 1. The zero-order valence-electron chi connectivity index (χ0n) is 18.1. The van der Waals surface area contributed by atoms with E-state index in [1.807, 2.05) is 25.3 Å². The summed E-state index contributed by atoms with van der Waals surface area (Å²) in [4.78, 5) is 26.9. The standard InChI is InChI=1S/C23H27N5O2S/c1-16-20(23(31-3)26-21(25-16)19-9-6-14-30-19)22(29)24-15-17-7-4-5-8-18(17)28-12-10-27(2)11-13-28/h4-9,14H,10-13,15H2,1-3H3,(H,24,29). The number of furan rings is 1. The van der Waals surface area contributed by atoms with Crippen molar-refractivity contribution in [3.8, 4) is 11.6 Å². The first kappa shape index (κ1) is 21.4. The van der Waals surface area contributed by atoms with Crippen molar-refractivity contribution in [1.82, 2.24) is 20.2 Å². The number of carbonyl (C=O) groups is 1. The quantitative estimate of drug-likeness (QED) is 0.468. The van der Waals surface area contributed by atoms with Gasteiger partial charge in [0.25, 0.3) is 5.91 Å². The number of hydrogen-bond acceptors (Lipinski definition) is 7. The lowest BCUT2D eigenvalue weighted by Crippen LogP contribution is -2.45. The molecule has 7 nitrogen and oxygen atoms in total. The van der Waals surface area contributed by atoms with Crippen LogP contribution in [-0.4, -0.2) is 60.3 Å². The molecule has 0 unspecified atom stereocenters. The molecule has 0 radical (unpaired) electrons. The van der Waals surface area contributed by atoms with Gasteiger partial charge in [-0.15, -0.1) is 11.8 Å². The van der Waals surface area contributed by atoms with E-state index in [0.717, 1.165) is 31.7 Å². The number of nitrogens with zero attached hydrogens (tertiary/aromatic N) is 4. The van der Waals surface area contributed by atoms with E-state index in [0.29, 0.717) is 34.4 Å². The predicted octanol–water partition coefficient (Wildman–Crippen LogP) is 3.45. The number of thioether (sulfide) groups is 1. The van der Waals surface area contributed by atoms with E-state index in [2.05, 4.69) is 50.3 Å². The molecule has 0 spiro atoms. The molecule has 2 aromatic heterocycles. The Kier molecular flexibility index (Phi) is 6.58. The molecule has 1 N–H and O–H groups in total. The molecule has 1 fully saturated rings. The highest BCUT2D eigenvalue weighted by Crippen LogP contribution is 2.26. The van der Waals surface area contributed by atoms with Crippen LogP contribution in [0, 0.1) is 6.92 Å². The smallest absolute Gasteiger partial charge is 0.256 e. The third-order valence-corrected chi connectivity index (χ3v) is 6.18. The Morgan fingerprint density at radius 1 is 1.13 bits per heavy atom. The van der Waals surface area contributed by atoms with Gasteiger partial charge in [-0.3, -0.25) is 4.79 Å². The van der Waals surface area contributed by atoms with E-state index in [-0.39, 0.29) is 5.91 Å². The summed E-state index contributed by atoms with van der Waals surface area (Å²) in [6, 6.07) is 11.9. The van der Waals surface area contributed by atoms with Crippen molar-refractivity contribution >= 4 is 23.4 Å². The molecular formula is C23H27N5O2S. The Hall–Kier alpha value is -2.84. The first-order chi connectivity index (χ1) is 15.1. The maximum absolute atomic E-state index is 13.1. The van der Waals surface area contributed by atoms with Gasteiger partial charge in [0.1, 0.15) is 5.03 Å². The molecule has 1 aliphatic rings. The molecule has 31 heavy (non-hydrogen) atoms. The van der Waals surface area contributed by atoms with Crippen molar-refractivity contribution in [2.45, 2.75) is 18.5 Å². The van der Waals surface area contributed by atoms with Crippen molar-refractivity contribution in [3.05, 3.63) is 59.5 Å². The number of hydrogen-bond donors (Lipinski definition) is 1. The van der Waals surface area contributed by atoms with Crippen LogP contribution in [0.1, 0.15) is 21.6 Å². The van der Waals surface area contributed by atoms with Gasteiger partial charge in [-0.2, -0.15) is 0 Å². The fraction of sp³-hybridized carbons (Fsp3) is 0.348. The van der Waals surface area contributed by atoms with Crippen LogP contribution in [0.3, 0.4) is 0 Å². The Morgan fingerprint density at radius 3 is 2.61 bits per heavy atom. The highest BCUT2D eigenvalue weighted by Gasteiger charge is 2.21. The van der Waals surface area contributed by atoms with E-state index in [1.54, 1.807) is 12.3 Å². The lowest BCUT2D eigenvalue weighted by Gasteiger charge is -2.35. The Bertz CT molecular complexity index is 1050. The van der Waals surface area contributed by atoms with E-state index in [4.69, 9.17) is 4.42 Å². The first-order valence-electron chi connectivity index (χ1n) is 10.3. The zero-order chi connectivity index (χ0) is 21.8. The first-order valence-corrected chi connectivity index (χ1v) is 11.6. The maximum atomic E-state index is 13.1. The monoisotopic (exact) mass is 437 g/mol. The second kappa shape index (κ2) is 9.53. The van der Waals surface area contributed by atoms with Crippen LogP contribution in [-0.2, 0) is 6.54 Å². The molecule has 8 heteroatoms. The van der Waals surface area contributed by atoms with Gasteiger partial charge in [0.05, 0.1) is 17.5 Å². The molecule has 0 bridgehead atoms. The van der Waals surface area contributed by atoms with Gasteiger partial charge >= 0.3 is 0 Å². The van der Waals surface area contributed by atoms with Gasteiger partial charge in [0.15, 0.2) is 11.6 Å². The minimum absolute atomic E-state index is 0.166. The zero-order valence-corrected chi connectivity index (χ0v) is 18.9. The fourth-order valence-corrected chi connectivity index (χ4v) is 4.37. The van der Waals surface area contributed by atoms with Crippen LogP contribution < -0.4 is 10.2 Å². The number of piperazine rings is 1. The number of anilines is 1. The van der Waals surface area contributed by atoms with Crippen LogP contribution >= 0.6 is 11.8 Å². The van der Waals surface area contributed by atoms with Gasteiger partial charge < -0.3 is 19.5 Å². The second-order valence-electron chi connectivity index (χ2n) is 7.60. The molecule has 4 rings (SSSR count). The molecular weight excluding hydrogens is 410 g/mol. The average Bonchev–Trinajstić information content (AvgIpc) is 3.33. The highest BCUT2D eigenvalue weighted by atomic mass is 32.2. The SMILES string of the molecule is CSc1nc(-c2ccco2)nc(C)c1C(=O)NCc1ccccc1N1CCN(C)CC1. The number of rotatable bonds is 6. The molecule has 1 saturated heterocycles. The van der Waals surface area contributed by atoms with Crippen LogP contribution in [0.25, 0.3) is 11.6 Å².